The van der Waals surface area contributed by atoms with Gasteiger partial charge in [-0.25, -0.2) is 0 Å². The third-order valence-corrected chi connectivity index (χ3v) is 5.21. The predicted molar refractivity (Wildman–Crippen MR) is 83.4 cm³/mol. The molecule has 1 aliphatic carbocycles. The second kappa shape index (κ2) is 7.64. The standard InChI is InChI=1S/C17H34N2/c1-4-9-19-12-16(14(2)3)10-17(13-19)18-11-15-7-5-6-8-15/h14-18H,4-13H2,1-3H3. The summed E-state index contributed by atoms with van der Waals surface area (Å²) in [6.45, 7) is 12.3. The smallest absolute Gasteiger partial charge is 0.0198 e. The fourth-order valence-electron chi connectivity index (χ4n) is 3.91. The molecule has 1 saturated carbocycles. The molecule has 0 spiro atoms. The summed E-state index contributed by atoms with van der Waals surface area (Å²) in [4.78, 5) is 2.69. The van der Waals surface area contributed by atoms with Gasteiger partial charge >= 0.3 is 0 Å². The van der Waals surface area contributed by atoms with Gasteiger partial charge in [0.2, 0.25) is 0 Å². The molecule has 2 nitrogen and oxygen atoms in total. The summed E-state index contributed by atoms with van der Waals surface area (Å²) in [6, 6.07) is 0.744. The van der Waals surface area contributed by atoms with Gasteiger partial charge in [-0.05, 0) is 56.5 Å². The lowest BCUT2D eigenvalue weighted by molar-refractivity contribution is 0.114. The highest BCUT2D eigenvalue weighted by atomic mass is 15.2. The third kappa shape index (κ3) is 4.75. The molecule has 0 bridgehead atoms. The zero-order chi connectivity index (χ0) is 13.7. The molecule has 1 heterocycles. The van der Waals surface area contributed by atoms with Gasteiger partial charge in [-0.3, -0.25) is 0 Å². The monoisotopic (exact) mass is 266 g/mol. The highest BCUT2D eigenvalue weighted by molar-refractivity contribution is 4.85. The van der Waals surface area contributed by atoms with Gasteiger partial charge < -0.3 is 10.2 Å². The highest BCUT2D eigenvalue weighted by Crippen LogP contribution is 2.26. The molecule has 2 unspecified atom stereocenters. The summed E-state index contributed by atoms with van der Waals surface area (Å²) >= 11 is 0. The van der Waals surface area contributed by atoms with Crippen molar-refractivity contribution in [3.8, 4) is 0 Å². The summed E-state index contributed by atoms with van der Waals surface area (Å²) in [6.07, 6.45) is 8.55. The number of nitrogens with one attached hydrogen (secondary N) is 1. The zero-order valence-electron chi connectivity index (χ0n) is 13.3. The van der Waals surface area contributed by atoms with E-state index in [0.717, 1.165) is 23.8 Å². The van der Waals surface area contributed by atoms with Crippen molar-refractivity contribution in [3.63, 3.8) is 0 Å². The van der Waals surface area contributed by atoms with Crippen LogP contribution in [-0.2, 0) is 0 Å². The first-order chi connectivity index (χ1) is 9.19. The van der Waals surface area contributed by atoms with Crippen LogP contribution >= 0.6 is 0 Å². The lowest BCUT2D eigenvalue weighted by Gasteiger charge is -2.40. The highest BCUT2D eigenvalue weighted by Gasteiger charge is 2.28. The minimum atomic E-state index is 0.744. The topological polar surface area (TPSA) is 15.3 Å². The first-order valence-corrected chi connectivity index (χ1v) is 8.64. The number of likely N-dealkylation sites (tertiary alicyclic amines) is 1. The van der Waals surface area contributed by atoms with Crippen LogP contribution in [-0.4, -0.2) is 37.1 Å². The Labute approximate surface area is 120 Å². The van der Waals surface area contributed by atoms with Crippen LogP contribution in [0, 0.1) is 17.8 Å². The number of nitrogens with zero attached hydrogens (tertiary/aromatic N) is 1. The van der Waals surface area contributed by atoms with Gasteiger partial charge in [-0.2, -0.15) is 0 Å². The second-order valence-electron chi connectivity index (χ2n) is 7.26. The van der Waals surface area contributed by atoms with E-state index in [1.165, 1.54) is 64.7 Å². The van der Waals surface area contributed by atoms with Gasteiger partial charge in [0.15, 0.2) is 0 Å². The third-order valence-electron chi connectivity index (χ3n) is 5.21. The summed E-state index contributed by atoms with van der Waals surface area (Å²) in [5, 5.41) is 3.90. The van der Waals surface area contributed by atoms with Crippen molar-refractivity contribution in [1.82, 2.24) is 10.2 Å². The van der Waals surface area contributed by atoms with E-state index in [-0.39, 0.29) is 0 Å². The quantitative estimate of drug-likeness (QED) is 0.791. The maximum atomic E-state index is 3.90. The summed E-state index contributed by atoms with van der Waals surface area (Å²) in [5.41, 5.74) is 0. The van der Waals surface area contributed by atoms with Gasteiger partial charge in [0.05, 0.1) is 0 Å². The van der Waals surface area contributed by atoms with Crippen LogP contribution in [0.15, 0.2) is 0 Å². The van der Waals surface area contributed by atoms with Crippen molar-refractivity contribution < 1.29 is 0 Å². The molecule has 19 heavy (non-hydrogen) atoms. The molecule has 112 valence electrons. The summed E-state index contributed by atoms with van der Waals surface area (Å²) < 4.78 is 0. The van der Waals surface area contributed by atoms with Crippen molar-refractivity contribution in [2.75, 3.05) is 26.2 Å². The number of hydrogen-bond acceptors (Lipinski definition) is 2. The molecule has 2 aliphatic rings. The molecule has 2 atom stereocenters. The van der Waals surface area contributed by atoms with Crippen molar-refractivity contribution >= 4 is 0 Å². The van der Waals surface area contributed by atoms with E-state index in [4.69, 9.17) is 0 Å². The Morgan fingerprint density at radius 1 is 1.16 bits per heavy atom. The molecular formula is C17H34N2. The van der Waals surface area contributed by atoms with Crippen molar-refractivity contribution in [1.29, 1.82) is 0 Å². The molecule has 2 fully saturated rings. The number of rotatable bonds is 6. The molecule has 1 N–H and O–H groups in total. The molecule has 0 aromatic carbocycles. The van der Waals surface area contributed by atoms with E-state index in [1.807, 2.05) is 0 Å². The fourth-order valence-corrected chi connectivity index (χ4v) is 3.91. The number of piperidine rings is 1. The minimum Gasteiger partial charge on any atom is -0.312 e. The van der Waals surface area contributed by atoms with Crippen LogP contribution in [0.2, 0.25) is 0 Å². The van der Waals surface area contributed by atoms with Crippen LogP contribution < -0.4 is 5.32 Å². The van der Waals surface area contributed by atoms with Gasteiger partial charge in [0, 0.05) is 19.1 Å². The Hall–Kier alpha value is -0.0800. The molecular weight excluding hydrogens is 232 g/mol. The molecule has 0 aromatic heterocycles. The average molecular weight is 266 g/mol. The van der Waals surface area contributed by atoms with E-state index in [9.17, 15) is 0 Å². The molecule has 1 saturated heterocycles. The maximum Gasteiger partial charge on any atom is 0.0198 e. The Bertz CT molecular complexity index is 246. The molecule has 0 amide bonds. The van der Waals surface area contributed by atoms with E-state index in [1.54, 1.807) is 0 Å². The second-order valence-corrected chi connectivity index (χ2v) is 7.26. The number of hydrogen-bond donors (Lipinski definition) is 1. The molecule has 2 rings (SSSR count). The van der Waals surface area contributed by atoms with Crippen molar-refractivity contribution in [2.45, 2.75) is 65.3 Å². The van der Waals surface area contributed by atoms with E-state index >= 15 is 0 Å². The maximum absolute atomic E-state index is 3.90. The lowest BCUT2D eigenvalue weighted by atomic mass is 9.85. The SMILES string of the molecule is CCCN1CC(NCC2CCCC2)CC(C(C)C)C1. The van der Waals surface area contributed by atoms with Crippen LogP contribution in [0.1, 0.15) is 59.3 Å². The van der Waals surface area contributed by atoms with Crippen LogP contribution in [0.25, 0.3) is 0 Å². The fraction of sp³-hybridized carbons (Fsp3) is 1.00. The van der Waals surface area contributed by atoms with Gasteiger partial charge in [-0.15, -0.1) is 0 Å². The molecule has 0 aromatic rings. The van der Waals surface area contributed by atoms with E-state index in [0.29, 0.717) is 0 Å². The molecule has 0 radical (unpaired) electrons. The summed E-state index contributed by atoms with van der Waals surface area (Å²) in [5.74, 6) is 2.69. The Morgan fingerprint density at radius 3 is 2.53 bits per heavy atom. The van der Waals surface area contributed by atoms with Crippen molar-refractivity contribution in [2.24, 2.45) is 17.8 Å². The first-order valence-electron chi connectivity index (χ1n) is 8.64. The Kier molecular flexibility index (Phi) is 6.15. The van der Waals surface area contributed by atoms with E-state index < -0.39 is 0 Å². The summed E-state index contributed by atoms with van der Waals surface area (Å²) in [7, 11) is 0. The zero-order valence-corrected chi connectivity index (χ0v) is 13.3. The normalized spacial score (nSPS) is 30.3. The van der Waals surface area contributed by atoms with Crippen molar-refractivity contribution in [3.05, 3.63) is 0 Å². The largest absolute Gasteiger partial charge is 0.312 e. The Morgan fingerprint density at radius 2 is 1.89 bits per heavy atom. The lowest BCUT2D eigenvalue weighted by Crippen LogP contribution is -2.51. The Balaban J connectivity index is 1.79. The minimum absolute atomic E-state index is 0.744. The van der Waals surface area contributed by atoms with Gasteiger partial charge in [-0.1, -0.05) is 33.6 Å². The van der Waals surface area contributed by atoms with Crippen LogP contribution in [0.3, 0.4) is 0 Å². The van der Waals surface area contributed by atoms with Crippen LogP contribution in [0.4, 0.5) is 0 Å². The van der Waals surface area contributed by atoms with Crippen LogP contribution in [0.5, 0.6) is 0 Å². The first kappa shape index (κ1) is 15.3. The van der Waals surface area contributed by atoms with Gasteiger partial charge in [0.25, 0.3) is 0 Å². The average Bonchev–Trinajstić information content (AvgIpc) is 2.89. The molecule has 1 aliphatic heterocycles. The molecule has 2 heteroatoms. The predicted octanol–water partition coefficient (Wildman–Crippen LogP) is 3.52. The van der Waals surface area contributed by atoms with Gasteiger partial charge in [0.1, 0.15) is 0 Å². The van der Waals surface area contributed by atoms with E-state index in [2.05, 4.69) is 31.0 Å².